The highest BCUT2D eigenvalue weighted by atomic mass is 32.1. The van der Waals surface area contributed by atoms with Gasteiger partial charge in [0.1, 0.15) is 0 Å². The molecule has 4 heteroatoms. The SMILES string of the molecule is Cc1cnccc1CNC(=O)c1cccc(S)c1. The van der Waals surface area contributed by atoms with E-state index in [1.807, 2.05) is 25.1 Å². The van der Waals surface area contributed by atoms with Gasteiger partial charge in [0.2, 0.25) is 0 Å². The molecule has 3 nitrogen and oxygen atoms in total. The maximum absolute atomic E-state index is 11.9. The van der Waals surface area contributed by atoms with Crippen LogP contribution in [0.4, 0.5) is 0 Å². The Balaban J connectivity index is 2.03. The van der Waals surface area contributed by atoms with Crippen molar-refractivity contribution in [1.82, 2.24) is 10.3 Å². The fourth-order valence-corrected chi connectivity index (χ4v) is 1.85. The molecule has 2 rings (SSSR count). The van der Waals surface area contributed by atoms with Crippen molar-refractivity contribution in [3.05, 3.63) is 59.4 Å². The number of nitrogens with zero attached hydrogens (tertiary/aromatic N) is 1. The van der Waals surface area contributed by atoms with Gasteiger partial charge in [0.05, 0.1) is 0 Å². The Labute approximate surface area is 112 Å². The molecule has 1 aromatic heterocycles. The monoisotopic (exact) mass is 258 g/mol. The molecule has 0 aliphatic carbocycles. The largest absolute Gasteiger partial charge is 0.348 e. The summed E-state index contributed by atoms with van der Waals surface area (Å²) in [6.07, 6.45) is 3.51. The van der Waals surface area contributed by atoms with Crippen LogP contribution in [-0.2, 0) is 6.54 Å². The van der Waals surface area contributed by atoms with E-state index in [1.165, 1.54) is 0 Å². The first-order valence-corrected chi connectivity index (χ1v) is 6.08. The zero-order valence-electron chi connectivity index (χ0n) is 10.1. The van der Waals surface area contributed by atoms with Gasteiger partial charge in [-0.3, -0.25) is 9.78 Å². The predicted molar refractivity (Wildman–Crippen MR) is 73.8 cm³/mol. The molecule has 1 amide bonds. The van der Waals surface area contributed by atoms with Crippen molar-refractivity contribution in [2.45, 2.75) is 18.4 Å². The van der Waals surface area contributed by atoms with Crippen LogP contribution in [0.3, 0.4) is 0 Å². The molecule has 1 heterocycles. The average molecular weight is 258 g/mol. The van der Waals surface area contributed by atoms with Crippen LogP contribution in [0.2, 0.25) is 0 Å². The second-order valence-corrected chi connectivity index (χ2v) is 4.55. The van der Waals surface area contributed by atoms with Crippen LogP contribution >= 0.6 is 12.6 Å². The van der Waals surface area contributed by atoms with Gasteiger partial charge in [0.15, 0.2) is 0 Å². The van der Waals surface area contributed by atoms with Gasteiger partial charge >= 0.3 is 0 Å². The first-order valence-electron chi connectivity index (χ1n) is 5.63. The third-order valence-electron chi connectivity index (χ3n) is 2.68. The number of carbonyl (C=O) groups is 1. The summed E-state index contributed by atoms with van der Waals surface area (Å²) in [5.74, 6) is -0.0953. The molecule has 0 aliphatic heterocycles. The first kappa shape index (κ1) is 12.6. The van der Waals surface area contributed by atoms with E-state index < -0.39 is 0 Å². The maximum atomic E-state index is 11.9. The van der Waals surface area contributed by atoms with Crippen molar-refractivity contribution >= 4 is 18.5 Å². The number of hydrogen-bond donors (Lipinski definition) is 2. The van der Waals surface area contributed by atoms with Crippen LogP contribution in [-0.4, -0.2) is 10.9 Å². The lowest BCUT2D eigenvalue weighted by Gasteiger charge is -2.07. The second kappa shape index (κ2) is 5.69. The van der Waals surface area contributed by atoms with Gasteiger partial charge in [-0.1, -0.05) is 6.07 Å². The normalized spacial score (nSPS) is 10.1. The summed E-state index contributed by atoms with van der Waals surface area (Å²) in [4.78, 5) is 16.7. The Kier molecular flexibility index (Phi) is 3.99. The Morgan fingerprint density at radius 2 is 2.22 bits per heavy atom. The van der Waals surface area contributed by atoms with Gasteiger partial charge in [-0.2, -0.15) is 0 Å². The van der Waals surface area contributed by atoms with Crippen molar-refractivity contribution in [3.8, 4) is 0 Å². The zero-order valence-corrected chi connectivity index (χ0v) is 10.9. The Hall–Kier alpha value is -1.81. The van der Waals surface area contributed by atoms with Crippen LogP contribution < -0.4 is 5.32 Å². The van der Waals surface area contributed by atoms with Crippen LogP contribution in [0, 0.1) is 6.92 Å². The van der Waals surface area contributed by atoms with Crippen molar-refractivity contribution < 1.29 is 4.79 Å². The van der Waals surface area contributed by atoms with Crippen LogP contribution in [0.5, 0.6) is 0 Å². The number of carbonyl (C=O) groups excluding carboxylic acids is 1. The summed E-state index contributed by atoms with van der Waals surface area (Å²) >= 11 is 4.21. The summed E-state index contributed by atoms with van der Waals surface area (Å²) in [6.45, 7) is 2.48. The molecule has 0 saturated carbocycles. The maximum Gasteiger partial charge on any atom is 0.251 e. The van der Waals surface area contributed by atoms with Gasteiger partial charge in [-0.05, 0) is 42.3 Å². The third-order valence-corrected chi connectivity index (χ3v) is 2.96. The standard InChI is InChI=1S/C14H14N2OS/c1-10-8-15-6-5-12(10)9-16-14(17)11-3-2-4-13(18)7-11/h2-8,18H,9H2,1H3,(H,16,17). The van der Waals surface area contributed by atoms with Gasteiger partial charge in [-0.25, -0.2) is 0 Å². The van der Waals surface area contributed by atoms with Crippen molar-refractivity contribution in [3.63, 3.8) is 0 Å². The summed E-state index contributed by atoms with van der Waals surface area (Å²) < 4.78 is 0. The van der Waals surface area contributed by atoms with Crippen LogP contribution in [0.1, 0.15) is 21.5 Å². The summed E-state index contributed by atoms with van der Waals surface area (Å²) in [5, 5.41) is 2.88. The molecule has 0 aliphatic rings. The summed E-state index contributed by atoms with van der Waals surface area (Å²) in [5.41, 5.74) is 2.76. The smallest absolute Gasteiger partial charge is 0.251 e. The molecule has 1 N–H and O–H groups in total. The number of aryl methyl sites for hydroxylation is 1. The molecule has 2 aromatic rings. The molecular formula is C14H14N2OS. The van der Waals surface area contributed by atoms with Crippen molar-refractivity contribution in [1.29, 1.82) is 0 Å². The van der Waals surface area contributed by atoms with Crippen LogP contribution in [0.15, 0.2) is 47.6 Å². The van der Waals surface area contributed by atoms with E-state index in [9.17, 15) is 4.79 Å². The van der Waals surface area contributed by atoms with E-state index in [2.05, 4.69) is 22.9 Å². The number of benzene rings is 1. The van der Waals surface area contributed by atoms with E-state index in [-0.39, 0.29) is 5.91 Å². The number of hydrogen-bond acceptors (Lipinski definition) is 3. The Bertz CT molecular complexity index is 569. The second-order valence-electron chi connectivity index (χ2n) is 4.04. The quantitative estimate of drug-likeness (QED) is 0.831. The number of rotatable bonds is 3. The molecule has 92 valence electrons. The lowest BCUT2D eigenvalue weighted by molar-refractivity contribution is 0.0950. The van der Waals surface area contributed by atoms with Gasteiger partial charge in [0, 0.05) is 29.4 Å². The summed E-state index contributed by atoms with van der Waals surface area (Å²) in [7, 11) is 0. The first-order chi connectivity index (χ1) is 8.66. The fourth-order valence-electron chi connectivity index (χ4n) is 1.63. The van der Waals surface area contributed by atoms with E-state index in [4.69, 9.17) is 0 Å². The molecule has 0 spiro atoms. The van der Waals surface area contributed by atoms with Gasteiger partial charge in [0.25, 0.3) is 5.91 Å². The number of aromatic nitrogens is 1. The number of thiol groups is 1. The third kappa shape index (κ3) is 3.11. The topological polar surface area (TPSA) is 42.0 Å². The highest BCUT2D eigenvalue weighted by Gasteiger charge is 2.06. The van der Waals surface area contributed by atoms with Crippen LogP contribution in [0.25, 0.3) is 0 Å². The van der Waals surface area contributed by atoms with Gasteiger partial charge < -0.3 is 5.32 Å². The molecular weight excluding hydrogens is 244 g/mol. The van der Waals surface area contributed by atoms with E-state index in [1.54, 1.807) is 24.5 Å². The number of nitrogens with one attached hydrogen (secondary N) is 1. The Morgan fingerprint density at radius 3 is 2.94 bits per heavy atom. The highest BCUT2D eigenvalue weighted by Crippen LogP contribution is 2.09. The van der Waals surface area contributed by atoms with E-state index >= 15 is 0 Å². The minimum Gasteiger partial charge on any atom is -0.348 e. The Morgan fingerprint density at radius 1 is 1.39 bits per heavy atom. The summed E-state index contributed by atoms with van der Waals surface area (Å²) in [6, 6.07) is 9.08. The van der Waals surface area contributed by atoms with E-state index in [0.717, 1.165) is 16.0 Å². The molecule has 0 fully saturated rings. The van der Waals surface area contributed by atoms with Gasteiger partial charge in [-0.15, -0.1) is 12.6 Å². The fraction of sp³-hybridized carbons (Fsp3) is 0.143. The zero-order chi connectivity index (χ0) is 13.0. The molecule has 0 saturated heterocycles. The number of pyridine rings is 1. The molecule has 18 heavy (non-hydrogen) atoms. The molecule has 1 aromatic carbocycles. The molecule has 0 atom stereocenters. The lowest BCUT2D eigenvalue weighted by Crippen LogP contribution is -2.23. The average Bonchev–Trinajstić information content (AvgIpc) is 2.37. The van der Waals surface area contributed by atoms with E-state index in [0.29, 0.717) is 12.1 Å². The number of amides is 1. The van der Waals surface area contributed by atoms with Crippen molar-refractivity contribution in [2.75, 3.05) is 0 Å². The highest BCUT2D eigenvalue weighted by molar-refractivity contribution is 7.80. The molecule has 0 radical (unpaired) electrons. The van der Waals surface area contributed by atoms with Crippen molar-refractivity contribution in [2.24, 2.45) is 0 Å². The minimum absolute atomic E-state index is 0.0953. The molecule has 0 unspecified atom stereocenters. The lowest BCUT2D eigenvalue weighted by atomic mass is 10.1. The minimum atomic E-state index is -0.0953. The molecule has 0 bridgehead atoms. The predicted octanol–water partition coefficient (Wildman–Crippen LogP) is 2.61.